The lowest BCUT2D eigenvalue weighted by Crippen LogP contribution is -2.24. The van der Waals surface area contributed by atoms with Gasteiger partial charge in [0.15, 0.2) is 0 Å². The molecule has 0 rings (SSSR count). The van der Waals surface area contributed by atoms with Gasteiger partial charge in [0.25, 0.3) is 0 Å². The van der Waals surface area contributed by atoms with Crippen LogP contribution in [-0.2, 0) is 0 Å². The molecule has 6 heteroatoms. The third kappa shape index (κ3) is 24.7. The van der Waals surface area contributed by atoms with Gasteiger partial charge in [-0.05, 0) is 19.4 Å². The van der Waals surface area contributed by atoms with Gasteiger partial charge in [0, 0.05) is 6.04 Å². The Balaban J connectivity index is 0. The first kappa shape index (κ1) is 14.7. The fraction of sp³-hybridized carbons (Fsp3) is 0.857. The normalized spacial score (nSPS) is 11.3. The van der Waals surface area contributed by atoms with Crippen LogP contribution in [0.15, 0.2) is 0 Å². The maximum Gasteiger partial charge on any atom is 0.309 e. The van der Waals surface area contributed by atoms with Crippen LogP contribution in [0.5, 0.6) is 0 Å². The molecule has 0 saturated carbocycles. The minimum atomic E-state index is -0.833. The first-order valence-corrected chi connectivity index (χ1v) is 4.16. The van der Waals surface area contributed by atoms with E-state index in [4.69, 9.17) is 21.4 Å². The van der Waals surface area contributed by atoms with Crippen LogP contribution in [0.2, 0.25) is 0 Å². The van der Waals surface area contributed by atoms with Crippen molar-refractivity contribution in [2.45, 2.75) is 25.3 Å². The van der Waals surface area contributed by atoms with Gasteiger partial charge in [-0.1, -0.05) is 6.42 Å². The molecule has 0 aliphatic heterocycles. The van der Waals surface area contributed by atoms with E-state index >= 15 is 0 Å². The second kappa shape index (κ2) is 11.2. The molecule has 0 saturated heterocycles. The zero-order chi connectivity index (χ0) is 10.7. The highest BCUT2D eigenvalue weighted by molar-refractivity contribution is 5.69. The van der Waals surface area contributed by atoms with Crippen molar-refractivity contribution < 1.29 is 9.90 Å². The lowest BCUT2D eigenvalue weighted by atomic mass is 10.1. The van der Waals surface area contributed by atoms with Crippen molar-refractivity contribution in [3.63, 3.8) is 0 Å². The number of aliphatic hydroxyl groups is 1. The average Bonchev–Trinajstić information content (AvgIpc) is 2.03. The summed E-state index contributed by atoms with van der Waals surface area (Å²) in [5, 5.41) is 8.48. The summed E-state index contributed by atoms with van der Waals surface area (Å²) in [5.74, 6) is 0. The third-order valence-electron chi connectivity index (χ3n) is 1.26. The van der Waals surface area contributed by atoms with E-state index in [9.17, 15) is 0 Å². The molecule has 0 aromatic heterocycles. The monoisotopic (exact) mass is 192 g/mol. The molecule has 0 unspecified atom stereocenters. The zero-order valence-electron chi connectivity index (χ0n) is 7.78. The van der Waals surface area contributed by atoms with Crippen molar-refractivity contribution in [1.29, 1.82) is 0 Å². The van der Waals surface area contributed by atoms with Gasteiger partial charge in [-0.2, -0.15) is 0 Å². The summed E-state index contributed by atoms with van der Waals surface area (Å²) in [4.78, 5) is 9.00. The molecule has 13 heavy (non-hydrogen) atoms. The predicted molar refractivity (Wildman–Crippen MR) is 51.7 cm³/mol. The molecule has 0 spiro atoms. The number of carbonyl (C=O) groups excluding carboxylic acids is 1. The maximum atomic E-state index is 9.00. The van der Waals surface area contributed by atoms with E-state index in [0.717, 1.165) is 25.8 Å². The number of nitrogens with two attached hydrogens (primary N) is 4. The molecule has 9 N–H and O–H groups in total. The number of aliphatic hydroxyl groups excluding tert-OH is 1. The molecule has 2 amide bonds. The van der Waals surface area contributed by atoms with Crippen molar-refractivity contribution in [1.82, 2.24) is 0 Å². The van der Waals surface area contributed by atoms with Gasteiger partial charge in [0.1, 0.15) is 0 Å². The second-order valence-corrected chi connectivity index (χ2v) is 2.63. The van der Waals surface area contributed by atoms with Crippen LogP contribution in [0.4, 0.5) is 4.79 Å². The Labute approximate surface area is 78.3 Å². The first-order valence-electron chi connectivity index (χ1n) is 4.16. The van der Waals surface area contributed by atoms with Crippen molar-refractivity contribution in [2.75, 3.05) is 13.2 Å². The smallest absolute Gasteiger partial charge is 0.309 e. The predicted octanol–water partition coefficient (Wildman–Crippen LogP) is -1.54. The number of hydrogen-bond donors (Lipinski definition) is 5. The lowest BCUT2D eigenvalue weighted by Gasteiger charge is -2.05. The van der Waals surface area contributed by atoms with Crippen molar-refractivity contribution >= 4 is 6.03 Å². The van der Waals surface area contributed by atoms with E-state index in [1.807, 2.05) is 0 Å². The quantitative estimate of drug-likeness (QED) is 0.336. The maximum absolute atomic E-state index is 9.00. The van der Waals surface area contributed by atoms with E-state index < -0.39 is 6.03 Å². The van der Waals surface area contributed by atoms with Gasteiger partial charge in [-0.3, -0.25) is 0 Å². The molecule has 1 atom stereocenters. The van der Waals surface area contributed by atoms with E-state index in [-0.39, 0.29) is 12.6 Å². The average molecular weight is 192 g/mol. The standard InChI is InChI=1S/C6H16N2O.CH4N2O/c7-4-2-1-3-6(8)5-9;2-1(3)4/h6,9H,1-5,7-8H2;(H4,2,3,4)/t6-;/m0./s1. The van der Waals surface area contributed by atoms with Crippen LogP contribution in [0.1, 0.15) is 19.3 Å². The number of unbranched alkanes of at least 4 members (excludes halogenated alkanes) is 1. The molecule has 0 heterocycles. The van der Waals surface area contributed by atoms with Gasteiger partial charge in [-0.25, -0.2) is 4.79 Å². The second-order valence-electron chi connectivity index (χ2n) is 2.63. The molecule has 0 aliphatic carbocycles. The Morgan fingerprint density at radius 1 is 1.31 bits per heavy atom. The van der Waals surface area contributed by atoms with Crippen LogP contribution in [0.3, 0.4) is 0 Å². The zero-order valence-corrected chi connectivity index (χ0v) is 7.78. The topological polar surface area (TPSA) is 141 Å². The summed E-state index contributed by atoms with van der Waals surface area (Å²) in [6.07, 6.45) is 2.92. The molecule has 0 fully saturated rings. The first-order chi connectivity index (χ1) is 6.04. The number of hydrogen-bond acceptors (Lipinski definition) is 4. The molecule has 0 aliphatic rings. The van der Waals surface area contributed by atoms with Crippen LogP contribution < -0.4 is 22.9 Å². The van der Waals surface area contributed by atoms with Crippen molar-refractivity contribution in [3.05, 3.63) is 0 Å². The van der Waals surface area contributed by atoms with Crippen LogP contribution >= 0.6 is 0 Å². The highest BCUT2D eigenvalue weighted by atomic mass is 16.3. The third-order valence-corrected chi connectivity index (χ3v) is 1.26. The van der Waals surface area contributed by atoms with E-state index in [1.54, 1.807) is 0 Å². The SMILES string of the molecule is NC(N)=O.NCCCC[C@H](N)CO. The molecular formula is C7H20N4O2. The fourth-order valence-corrected chi connectivity index (χ4v) is 0.642. The summed E-state index contributed by atoms with van der Waals surface area (Å²) in [6, 6.07) is -0.878. The van der Waals surface area contributed by atoms with Gasteiger partial charge < -0.3 is 28.0 Å². The summed E-state index contributed by atoms with van der Waals surface area (Å²) in [7, 11) is 0. The molecule has 0 bridgehead atoms. The Morgan fingerprint density at radius 3 is 2.08 bits per heavy atom. The number of primary amides is 2. The van der Waals surface area contributed by atoms with Gasteiger partial charge in [0.2, 0.25) is 0 Å². The summed E-state index contributed by atoms with van der Waals surface area (Å²) in [6.45, 7) is 0.808. The van der Waals surface area contributed by atoms with E-state index in [0.29, 0.717) is 0 Å². The van der Waals surface area contributed by atoms with Crippen LogP contribution in [0, 0.1) is 0 Å². The number of rotatable bonds is 5. The Bertz CT molecular complexity index is 117. The fourth-order valence-electron chi connectivity index (χ4n) is 0.642. The lowest BCUT2D eigenvalue weighted by molar-refractivity contribution is 0.256. The highest BCUT2D eigenvalue weighted by Crippen LogP contribution is 1.95. The van der Waals surface area contributed by atoms with Crippen LogP contribution in [0.25, 0.3) is 0 Å². The van der Waals surface area contributed by atoms with E-state index in [2.05, 4.69) is 11.5 Å². The van der Waals surface area contributed by atoms with Gasteiger partial charge >= 0.3 is 6.03 Å². The summed E-state index contributed by atoms with van der Waals surface area (Å²) >= 11 is 0. The molecular weight excluding hydrogens is 172 g/mol. The molecule has 0 radical (unpaired) electrons. The Morgan fingerprint density at radius 2 is 1.77 bits per heavy atom. The Hall–Kier alpha value is -0.850. The molecule has 0 aromatic rings. The summed E-state index contributed by atoms with van der Waals surface area (Å²) < 4.78 is 0. The Kier molecular flexibility index (Phi) is 12.6. The largest absolute Gasteiger partial charge is 0.395 e. The summed E-state index contributed by atoms with van der Waals surface area (Å²) in [5.41, 5.74) is 19.2. The molecule has 80 valence electrons. The number of carbonyl (C=O) groups is 1. The molecule has 6 nitrogen and oxygen atoms in total. The highest BCUT2D eigenvalue weighted by Gasteiger charge is 1.97. The van der Waals surface area contributed by atoms with Crippen molar-refractivity contribution in [2.24, 2.45) is 22.9 Å². The van der Waals surface area contributed by atoms with Crippen LogP contribution in [-0.4, -0.2) is 30.3 Å². The van der Waals surface area contributed by atoms with Gasteiger partial charge in [0.05, 0.1) is 6.61 Å². The number of urea groups is 1. The minimum Gasteiger partial charge on any atom is -0.395 e. The van der Waals surface area contributed by atoms with Gasteiger partial charge in [-0.15, -0.1) is 0 Å². The van der Waals surface area contributed by atoms with E-state index in [1.165, 1.54) is 0 Å². The van der Waals surface area contributed by atoms with Crippen molar-refractivity contribution in [3.8, 4) is 0 Å². The molecule has 0 aromatic carbocycles. The number of amides is 2. The minimum absolute atomic E-state index is 0.0449.